The van der Waals surface area contributed by atoms with Crippen LogP contribution in [0.15, 0.2) is 12.1 Å². The quantitative estimate of drug-likeness (QED) is 0.478. The zero-order valence-electron chi connectivity index (χ0n) is 11.7. The third kappa shape index (κ3) is 2.66. The van der Waals surface area contributed by atoms with Crippen LogP contribution in [0.5, 0.6) is 11.5 Å². The highest BCUT2D eigenvalue weighted by molar-refractivity contribution is 5.94. The number of phenols is 1. The number of carbonyl (C=O) groups is 1. The number of aromatic hydroxyl groups is 1. The van der Waals surface area contributed by atoms with Crippen LogP contribution in [-0.4, -0.2) is 45.1 Å². The third-order valence-electron chi connectivity index (χ3n) is 2.74. The monoisotopic (exact) mass is 308 g/mol. The summed E-state index contributed by atoms with van der Waals surface area (Å²) in [4.78, 5) is 22.1. The minimum absolute atomic E-state index is 0.0273. The molecule has 2 aromatic rings. The van der Waals surface area contributed by atoms with Crippen LogP contribution in [0.3, 0.4) is 0 Å². The Balaban J connectivity index is 2.57. The molecular weight excluding hydrogens is 296 g/mol. The van der Waals surface area contributed by atoms with Crippen LogP contribution in [0.2, 0.25) is 0 Å². The maximum absolute atomic E-state index is 11.8. The molecule has 0 spiro atoms. The number of hydrogen-bond acceptors (Lipinski definition) is 8. The molecule has 0 radical (unpaired) electrons. The Hall–Kier alpha value is -3.17. The standard InChI is InChI=1S/C12H12N4O6/c1-3-22-12(18)10-9(13-15-14-10)6-4-7(16(19)20)11(21-2)8(17)5-6/h4-5,17H,3H2,1-2H3,(H,13,14,15). The number of nitrogens with zero attached hydrogens (tertiary/aromatic N) is 3. The summed E-state index contributed by atoms with van der Waals surface area (Å²) < 4.78 is 9.62. The van der Waals surface area contributed by atoms with Gasteiger partial charge in [0.05, 0.1) is 18.6 Å². The van der Waals surface area contributed by atoms with Crippen molar-refractivity contribution < 1.29 is 24.3 Å². The molecule has 116 valence electrons. The van der Waals surface area contributed by atoms with Gasteiger partial charge in [0, 0.05) is 11.6 Å². The highest BCUT2D eigenvalue weighted by Crippen LogP contribution is 2.40. The van der Waals surface area contributed by atoms with E-state index in [0.29, 0.717) is 0 Å². The first kappa shape index (κ1) is 15.2. The maximum atomic E-state index is 11.8. The number of nitro groups is 1. The predicted molar refractivity (Wildman–Crippen MR) is 72.6 cm³/mol. The number of phenolic OH excluding ortho intramolecular Hbond substituents is 1. The van der Waals surface area contributed by atoms with E-state index >= 15 is 0 Å². The van der Waals surface area contributed by atoms with Gasteiger partial charge in [-0.05, 0) is 13.0 Å². The van der Waals surface area contributed by atoms with E-state index in [4.69, 9.17) is 9.47 Å². The van der Waals surface area contributed by atoms with Crippen LogP contribution < -0.4 is 4.74 Å². The van der Waals surface area contributed by atoms with Crippen LogP contribution in [0.1, 0.15) is 17.4 Å². The van der Waals surface area contributed by atoms with Gasteiger partial charge in [0.1, 0.15) is 5.69 Å². The number of aromatic nitrogens is 3. The first-order valence-corrected chi connectivity index (χ1v) is 6.13. The zero-order chi connectivity index (χ0) is 16.3. The van der Waals surface area contributed by atoms with Crippen LogP contribution in [0.25, 0.3) is 11.3 Å². The van der Waals surface area contributed by atoms with Gasteiger partial charge in [-0.3, -0.25) is 10.1 Å². The lowest BCUT2D eigenvalue weighted by Crippen LogP contribution is -2.07. The molecule has 1 aromatic carbocycles. The van der Waals surface area contributed by atoms with Gasteiger partial charge in [0.15, 0.2) is 11.4 Å². The second kappa shape index (κ2) is 6.08. The van der Waals surface area contributed by atoms with Crippen molar-refractivity contribution in [1.82, 2.24) is 15.4 Å². The van der Waals surface area contributed by atoms with E-state index in [1.54, 1.807) is 6.92 Å². The van der Waals surface area contributed by atoms with Gasteiger partial charge in [-0.15, -0.1) is 5.10 Å². The summed E-state index contributed by atoms with van der Waals surface area (Å²) in [6, 6.07) is 2.31. The Bertz CT molecular complexity index is 726. The van der Waals surface area contributed by atoms with E-state index < -0.39 is 22.3 Å². The van der Waals surface area contributed by atoms with E-state index in [2.05, 4.69) is 15.4 Å². The lowest BCUT2D eigenvalue weighted by Gasteiger charge is -2.07. The Labute approximate surface area is 123 Å². The van der Waals surface area contributed by atoms with Crippen molar-refractivity contribution in [2.75, 3.05) is 13.7 Å². The number of nitro benzene ring substituents is 1. The van der Waals surface area contributed by atoms with Crippen LogP contribution in [0.4, 0.5) is 5.69 Å². The minimum atomic E-state index is -0.732. The van der Waals surface area contributed by atoms with E-state index in [0.717, 1.165) is 6.07 Å². The van der Waals surface area contributed by atoms with E-state index in [9.17, 15) is 20.0 Å². The summed E-state index contributed by atoms with van der Waals surface area (Å²) in [5, 5.41) is 30.6. The van der Waals surface area contributed by atoms with E-state index in [-0.39, 0.29) is 29.3 Å². The van der Waals surface area contributed by atoms with Crippen molar-refractivity contribution in [2.24, 2.45) is 0 Å². The average molecular weight is 308 g/mol. The molecule has 0 aliphatic heterocycles. The van der Waals surface area contributed by atoms with E-state index in [1.807, 2.05) is 0 Å². The van der Waals surface area contributed by atoms with Crippen LogP contribution in [-0.2, 0) is 4.74 Å². The number of carbonyl (C=O) groups excluding carboxylic acids is 1. The van der Waals surface area contributed by atoms with Crippen molar-refractivity contribution in [2.45, 2.75) is 6.92 Å². The molecule has 2 rings (SSSR count). The summed E-state index contributed by atoms with van der Waals surface area (Å²) in [5.74, 6) is -1.47. The Morgan fingerprint density at radius 1 is 1.45 bits per heavy atom. The number of methoxy groups -OCH3 is 1. The number of esters is 1. The number of hydrogen-bond donors (Lipinski definition) is 2. The predicted octanol–water partition coefficient (Wildman–Crippen LogP) is 1.27. The fraction of sp³-hybridized carbons (Fsp3) is 0.250. The van der Waals surface area contributed by atoms with E-state index in [1.165, 1.54) is 13.2 Å². The molecule has 0 amide bonds. The van der Waals surface area contributed by atoms with Crippen molar-refractivity contribution in [3.63, 3.8) is 0 Å². The Morgan fingerprint density at radius 3 is 2.77 bits per heavy atom. The highest BCUT2D eigenvalue weighted by atomic mass is 16.6. The molecule has 1 aromatic heterocycles. The van der Waals surface area contributed by atoms with Gasteiger partial charge in [0.2, 0.25) is 5.75 Å². The van der Waals surface area contributed by atoms with Gasteiger partial charge < -0.3 is 14.6 Å². The summed E-state index contributed by atoms with van der Waals surface area (Å²) in [7, 11) is 1.20. The van der Waals surface area contributed by atoms with Crippen LogP contribution >= 0.6 is 0 Å². The second-order valence-corrected chi connectivity index (χ2v) is 4.05. The number of ether oxygens (including phenoxy) is 2. The first-order valence-electron chi connectivity index (χ1n) is 6.13. The lowest BCUT2D eigenvalue weighted by molar-refractivity contribution is -0.385. The summed E-state index contributed by atoms with van der Waals surface area (Å²) in [5.41, 5.74) is -0.447. The molecule has 0 fully saturated rings. The van der Waals surface area contributed by atoms with Crippen LogP contribution in [0, 0.1) is 10.1 Å². The minimum Gasteiger partial charge on any atom is -0.504 e. The maximum Gasteiger partial charge on any atom is 0.361 e. The Kier molecular flexibility index (Phi) is 4.20. The highest BCUT2D eigenvalue weighted by Gasteiger charge is 2.25. The van der Waals surface area contributed by atoms with Crippen molar-refractivity contribution in [1.29, 1.82) is 0 Å². The molecule has 0 aliphatic rings. The van der Waals surface area contributed by atoms with Gasteiger partial charge in [0.25, 0.3) is 0 Å². The molecule has 0 unspecified atom stereocenters. The van der Waals surface area contributed by atoms with Crippen molar-refractivity contribution in [3.05, 3.63) is 27.9 Å². The number of nitrogens with one attached hydrogen (secondary N) is 1. The van der Waals surface area contributed by atoms with Crippen molar-refractivity contribution in [3.8, 4) is 22.8 Å². The fourth-order valence-electron chi connectivity index (χ4n) is 1.85. The molecule has 2 N–H and O–H groups in total. The lowest BCUT2D eigenvalue weighted by atomic mass is 10.1. The number of H-pyrrole nitrogens is 1. The molecule has 0 bridgehead atoms. The molecule has 0 saturated carbocycles. The Morgan fingerprint density at radius 2 is 2.18 bits per heavy atom. The zero-order valence-corrected chi connectivity index (χ0v) is 11.7. The summed E-state index contributed by atoms with van der Waals surface area (Å²) in [6.45, 7) is 1.76. The second-order valence-electron chi connectivity index (χ2n) is 4.05. The third-order valence-corrected chi connectivity index (χ3v) is 2.74. The normalized spacial score (nSPS) is 10.3. The summed E-state index contributed by atoms with van der Waals surface area (Å²) >= 11 is 0. The molecular formula is C12H12N4O6. The first-order chi connectivity index (χ1) is 10.5. The van der Waals surface area contributed by atoms with Gasteiger partial charge in [-0.2, -0.15) is 10.3 Å². The molecule has 10 nitrogen and oxygen atoms in total. The largest absolute Gasteiger partial charge is 0.504 e. The molecule has 22 heavy (non-hydrogen) atoms. The number of rotatable bonds is 5. The topological polar surface area (TPSA) is 140 Å². The summed E-state index contributed by atoms with van der Waals surface area (Å²) in [6.07, 6.45) is 0. The smallest absolute Gasteiger partial charge is 0.361 e. The van der Waals surface area contributed by atoms with Gasteiger partial charge in [-0.1, -0.05) is 0 Å². The molecule has 1 heterocycles. The van der Waals surface area contributed by atoms with Crippen molar-refractivity contribution >= 4 is 11.7 Å². The van der Waals surface area contributed by atoms with Gasteiger partial charge >= 0.3 is 11.7 Å². The van der Waals surface area contributed by atoms with Gasteiger partial charge in [-0.25, -0.2) is 4.79 Å². The molecule has 0 aliphatic carbocycles. The number of benzene rings is 1. The molecule has 0 saturated heterocycles. The SMILES string of the molecule is CCOC(=O)c1n[nH]nc1-c1cc(O)c(OC)c([N+](=O)[O-])c1. The fourth-order valence-corrected chi connectivity index (χ4v) is 1.85. The molecule has 0 atom stereocenters. The number of aromatic amines is 1. The molecule has 10 heteroatoms. The average Bonchev–Trinajstić information content (AvgIpc) is 2.96.